The highest BCUT2D eigenvalue weighted by Gasteiger charge is 2.26. The number of rotatable bonds is 7. The Kier molecular flexibility index (Phi) is 4.66. The van der Waals surface area contributed by atoms with Gasteiger partial charge in [0.1, 0.15) is 5.82 Å². The first kappa shape index (κ1) is 15.5. The molecule has 0 radical (unpaired) electrons. The van der Waals surface area contributed by atoms with Gasteiger partial charge in [-0.25, -0.2) is 4.98 Å². The van der Waals surface area contributed by atoms with Gasteiger partial charge in [0.05, 0.1) is 16.4 Å². The number of carbonyl (C=O) groups is 1. The molecular weight excluding hydrogens is 264 g/mol. The maximum atomic E-state index is 11.1. The summed E-state index contributed by atoms with van der Waals surface area (Å²) in [4.78, 5) is 15.8. The zero-order valence-corrected chi connectivity index (χ0v) is 13.1. The monoisotopic (exact) mass is 288 g/mol. The minimum atomic E-state index is -0.718. The molecule has 21 heavy (non-hydrogen) atoms. The van der Waals surface area contributed by atoms with Crippen molar-refractivity contribution in [3.05, 3.63) is 30.1 Å². The van der Waals surface area contributed by atoms with Gasteiger partial charge < -0.3 is 9.67 Å². The van der Waals surface area contributed by atoms with Crippen molar-refractivity contribution >= 4 is 17.0 Å². The van der Waals surface area contributed by atoms with E-state index in [1.165, 1.54) is 5.52 Å². The van der Waals surface area contributed by atoms with E-state index in [0.717, 1.165) is 37.1 Å². The maximum absolute atomic E-state index is 11.1. The van der Waals surface area contributed by atoms with E-state index in [9.17, 15) is 4.79 Å². The highest BCUT2D eigenvalue weighted by Crippen LogP contribution is 2.24. The molecule has 0 aliphatic heterocycles. The number of aliphatic carboxylic acids is 1. The summed E-state index contributed by atoms with van der Waals surface area (Å²) in [6.07, 6.45) is 3.50. The first-order chi connectivity index (χ1) is 9.95. The number of unbranched alkanes of at least 4 members (excludes halogenated alkanes) is 1. The van der Waals surface area contributed by atoms with Crippen LogP contribution in [0.4, 0.5) is 0 Å². The van der Waals surface area contributed by atoms with Gasteiger partial charge >= 0.3 is 5.97 Å². The summed E-state index contributed by atoms with van der Waals surface area (Å²) < 4.78 is 2.27. The topological polar surface area (TPSA) is 55.1 Å². The number of aryl methyl sites for hydroxylation is 2. The highest BCUT2D eigenvalue weighted by atomic mass is 16.4. The van der Waals surface area contributed by atoms with Gasteiger partial charge in [0, 0.05) is 13.0 Å². The second-order valence-corrected chi connectivity index (χ2v) is 6.17. The van der Waals surface area contributed by atoms with Crippen LogP contribution >= 0.6 is 0 Å². The van der Waals surface area contributed by atoms with E-state index in [2.05, 4.69) is 22.5 Å². The molecule has 1 aromatic heterocycles. The lowest BCUT2D eigenvalue weighted by Gasteiger charge is -2.18. The third-order valence-electron chi connectivity index (χ3n) is 4.06. The van der Waals surface area contributed by atoms with Crippen molar-refractivity contribution in [1.29, 1.82) is 0 Å². The Hall–Kier alpha value is -1.84. The van der Waals surface area contributed by atoms with Crippen LogP contribution in [0.1, 0.15) is 45.9 Å². The number of hydrogen-bond donors (Lipinski definition) is 1. The van der Waals surface area contributed by atoms with Crippen molar-refractivity contribution in [1.82, 2.24) is 9.55 Å². The molecule has 0 aliphatic carbocycles. The quantitative estimate of drug-likeness (QED) is 0.787. The van der Waals surface area contributed by atoms with Crippen LogP contribution in [0.3, 0.4) is 0 Å². The van der Waals surface area contributed by atoms with Gasteiger partial charge in [0.15, 0.2) is 0 Å². The van der Waals surface area contributed by atoms with Gasteiger partial charge in [-0.15, -0.1) is 0 Å². The van der Waals surface area contributed by atoms with Crippen LogP contribution in [0.25, 0.3) is 11.0 Å². The Balaban J connectivity index is 2.02. The van der Waals surface area contributed by atoms with Crippen molar-refractivity contribution < 1.29 is 9.90 Å². The molecule has 0 spiro atoms. The second kappa shape index (κ2) is 6.29. The average molecular weight is 288 g/mol. The van der Waals surface area contributed by atoms with Crippen LogP contribution in [0.5, 0.6) is 0 Å². The summed E-state index contributed by atoms with van der Waals surface area (Å²) in [5.41, 5.74) is 1.58. The molecule has 0 bridgehead atoms. The molecule has 2 aromatic rings. The second-order valence-electron chi connectivity index (χ2n) is 6.17. The van der Waals surface area contributed by atoms with E-state index in [1.807, 2.05) is 18.2 Å². The summed E-state index contributed by atoms with van der Waals surface area (Å²) in [7, 11) is 0. The SMILES string of the molecule is CCc1nc2ccccc2n1CCCCC(C)(C)C(=O)O. The number of fused-ring (bicyclic) bond motifs is 1. The molecule has 0 fully saturated rings. The van der Waals surface area contributed by atoms with Gasteiger partial charge in [-0.2, -0.15) is 0 Å². The predicted octanol–water partition coefficient (Wildman–Crippen LogP) is 3.88. The van der Waals surface area contributed by atoms with Crippen LogP contribution < -0.4 is 0 Å². The van der Waals surface area contributed by atoms with Crippen LogP contribution in [0, 0.1) is 5.41 Å². The minimum absolute atomic E-state index is 0.634. The number of nitrogens with zero attached hydrogens (tertiary/aromatic N) is 2. The summed E-state index contributed by atoms with van der Waals surface area (Å²) in [5.74, 6) is 0.388. The van der Waals surface area contributed by atoms with Crippen LogP contribution in [0.15, 0.2) is 24.3 Å². The van der Waals surface area contributed by atoms with Crippen molar-refractivity contribution in [3.63, 3.8) is 0 Å². The summed E-state index contributed by atoms with van der Waals surface area (Å²) in [5, 5.41) is 9.13. The zero-order chi connectivity index (χ0) is 15.5. The van der Waals surface area contributed by atoms with E-state index >= 15 is 0 Å². The molecule has 4 nitrogen and oxygen atoms in total. The lowest BCUT2D eigenvalue weighted by molar-refractivity contribution is -0.147. The number of hydrogen-bond acceptors (Lipinski definition) is 2. The Bertz CT molecular complexity index is 629. The predicted molar refractivity (Wildman–Crippen MR) is 84.4 cm³/mol. The molecule has 0 atom stereocenters. The van der Waals surface area contributed by atoms with Crippen LogP contribution in [0.2, 0.25) is 0 Å². The molecule has 1 heterocycles. The fourth-order valence-corrected chi connectivity index (χ4v) is 2.59. The standard InChI is InChI=1S/C17H24N2O2/c1-4-15-18-13-9-5-6-10-14(13)19(15)12-8-7-11-17(2,3)16(20)21/h5-6,9-10H,4,7-8,11-12H2,1-3H3,(H,20,21). The van der Waals surface area contributed by atoms with Gasteiger partial charge in [0.25, 0.3) is 0 Å². The van der Waals surface area contributed by atoms with E-state index in [-0.39, 0.29) is 0 Å². The molecule has 114 valence electrons. The molecule has 0 saturated heterocycles. The fourth-order valence-electron chi connectivity index (χ4n) is 2.59. The normalized spacial score (nSPS) is 12.0. The zero-order valence-electron chi connectivity index (χ0n) is 13.1. The Morgan fingerprint density at radius 3 is 2.67 bits per heavy atom. The summed E-state index contributed by atoms with van der Waals surface area (Å²) >= 11 is 0. The molecule has 2 rings (SSSR count). The number of aromatic nitrogens is 2. The summed E-state index contributed by atoms with van der Waals surface area (Å²) in [6, 6.07) is 8.18. The molecule has 0 unspecified atom stereocenters. The maximum Gasteiger partial charge on any atom is 0.309 e. The van der Waals surface area contributed by atoms with Gasteiger partial charge in [-0.1, -0.05) is 25.5 Å². The van der Waals surface area contributed by atoms with Crippen LogP contribution in [-0.4, -0.2) is 20.6 Å². The van der Waals surface area contributed by atoms with E-state index in [0.29, 0.717) is 6.42 Å². The molecule has 0 aliphatic rings. The smallest absolute Gasteiger partial charge is 0.309 e. The van der Waals surface area contributed by atoms with Gasteiger partial charge in [-0.3, -0.25) is 4.79 Å². The molecule has 4 heteroatoms. The third-order valence-corrected chi connectivity index (χ3v) is 4.06. The number of imidazole rings is 1. The highest BCUT2D eigenvalue weighted by molar-refractivity contribution is 5.76. The van der Waals surface area contributed by atoms with Crippen molar-refractivity contribution in [3.8, 4) is 0 Å². The minimum Gasteiger partial charge on any atom is -0.481 e. The van der Waals surface area contributed by atoms with Gasteiger partial charge in [-0.05, 0) is 38.8 Å². The lowest BCUT2D eigenvalue weighted by Crippen LogP contribution is -2.23. The number of para-hydroxylation sites is 2. The third kappa shape index (κ3) is 3.43. The number of benzene rings is 1. The van der Waals surface area contributed by atoms with Crippen molar-refractivity contribution in [2.45, 2.75) is 53.0 Å². The largest absolute Gasteiger partial charge is 0.481 e. The first-order valence-electron chi connectivity index (χ1n) is 7.63. The molecule has 0 saturated carbocycles. The van der Waals surface area contributed by atoms with E-state index in [1.54, 1.807) is 13.8 Å². The van der Waals surface area contributed by atoms with Crippen LogP contribution in [-0.2, 0) is 17.8 Å². The summed E-state index contributed by atoms with van der Waals surface area (Å²) in [6.45, 7) is 6.60. The fraction of sp³-hybridized carbons (Fsp3) is 0.529. The van der Waals surface area contributed by atoms with Crippen molar-refractivity contribution in [2.24, 2.45) is 5.41 Å². The average Bonchev–Trinajstić information content (AvgIpc) is 2.81. The van der Waals surface area contributed by atoms with Gasteiger partial charge in [0.2, 0.25) is 0 Å². The first-order valence-corrected chi connectivity index (χ1v) is 7.63. The van der Waals surface area contributed by atoms with E-state index < -0.39 is 11.4 Å². The molecule has 1 aromatic carbocycles. The number of carboxylic acid groups (broad SMARTS) is 1. The van der Waals surface area contributed by atoms with Crippen molar-refractivity contribution in [2.75, 3.05) is 0 Å². The molecule has 1 N–H and O–H groups in total. The Morgan fingerprint density at radius 2 is 2.00 bits per heavy atom. The number of carboxylic acids is 1. The molecular formula is C17H24N2O2. The Morgan fingerprint density at radius 1 is 1.29 bits per heavy atom. The molecule has 0 amide bonds. The lowest BCUT2D eigenvalue weighted by atomic mass is 9.87. The van der Waals surface area contributed by atoms with E-state index in [4.69, 9.17) is 5.11 Å². The Labute approximate surface area is 125 Å².